The molecule has 2 atom stereocenters. The third-order valence-corrected chi connectivity index (χ3v) is 3.16. The number of benzene rings is 1. The van der Waals surface area contributed by atoms with Gasteiger partial charge in [-0.3, -0.25) is 9.59 Å². The van der Waals surface area contributed by atoms with Gasteiger partial charge in [-0.2, -0.15) is 0 Å². The van der Waals surface area contributed by atoms with E-state index in [4.69, 9.17) is 14.6 Å². The summed E-state index contributed by atoms with van der Waals surface area (Å²) in [6.45, 7) is 0.669. The number of rotatable bonds is 7. The van der Waals surface area contributed by atoms with Crippen molar-refractivity contribution >= 4 is 11.9 Å². The van der Waals surface area contributed by atoms with Crippen molar-refractivity contribution in [3.05, 3.63) is 24.3 Å². The first-order chi connectivity index (χ1) is 9.61. The van der Waals surface area contributed by atoms with Crippen LogP contribution >= 0.6 is 0 Å². The van der Waals surface area contributed by atoms with E-state index in [9.17, 15) is 9.59 Å². The van der Waals surface area contributed by atoms with E-state index < -0.39 is 11.9 Å². The van der Waals surface area contributed by atoms with Crippen molar-refractivity contribution in [2.75, 3.05) is 20.3 Å². The SMILES string of the molecule is COc1cccc(OCCNC(=O)C2CC2C(=O)O)c1. The second kappa shape index (κ2) is 6.27. The summed E-state index contributed by atoms with van der Waals surface area (Å²) in [5.41, 5.74) is 0. The van der Waals surface area contributed by atoms with Crippen molar-refractivity contribution in [3.8, 4) is 11.5 Å². The topological polar surface area (TPSA) is 84.9 Å². The maximum Gasteiger partial charge on any atom is 0.307 e. The van der Waals surface area contributed by atoms with E-state index in [1.807, 2.05) is 12.1 Å². The van der Waals surface area contributed by atoms with E-state index in [1.165, 1.54) is 0 Å². The number of carboxylic acid groups (broad SMARTS) is 1. The molecule has 1 saturated carbocycles. The molecule has 108 valence electrons. The number of carboxylic acids is 1. The largest absolute Gasteiger partial charge is 0.497 e. The third kappa shape index (κ3) is 3.63. The number of methoxy groups -OCH3 is 1. The van der Waals surface area contributed by atoms with Crippen molar-refractivity contribution in [1.29, 1.82) is 0 Å². The highest BCUT2D eigenvalue weighted by atomic mass is 16.5. The van der Waals surface area contributed by atoms with Gasteiger partial charge in [0, 0.05) is 6.07 Å². The van der Waals surface area contributed by atoms with E-state index >= 15 is 0 Å². The van der Waals surface area contributed by atoms with Gasteiger partial charge in [0.05, 0.1) is 25.5 Å². The van der Waals surface area contributed by atoms with Crippen molar-refractivity contribution in [2.45, 2.75) is 6.42 Å². The number of hydrogen-bond donors (Lipinski definition) is 2. The van der Waals surface area contributed by atoms with Crippen molar-refractivity contribution in [2.24, 2.45) is 11.8 Å². The molecule has 2 N–H and O–H groups in total. The minimum Gasteiger partial charge on any atom is -0.497 e. The van der Waals surface area contributed by atoms with Crippen LogP contribution < -0.4 is 14.8 Å². The summed E-state index contributed by atoms with van der Waals surface area (Å²) >= 11 is 0. The summed E-state index contributed by atoms with van der Waals surface area (Å²) in [6.07, 6.45) is 0.428. The predicted octanol–water partition coefficient (Wildman–Crippen LogP) is 0.911. The van der Waals surface area contributed by atoms with Crippen LogP contribution in [0.2, 0.25) is 0 Å². The number of ether oxygens (including phenoxy) is 2. The maximum absolute atomic E-state index is 11.6. The Bertz CT molecular complexity index is 502. The van der Waals surface area contributed by atoms with Crippen molar-refractivity contribution in [3.63, 3.8) is 0 Å². The molecular formula is C14H17NO5. The van der Waals surface area contributed by atoms with Crippen LogP contribution in [0.25, 0.3) is 0 Å². The van der Waals surface area contributed by atoms with E-state index in [0.717, 1.165) is 0 Å². The molecule has 0 spiro atoms. The second-order valence-corrected chi connectivity index (χ2v) is 4.61. The van der Waals surface area contributed by atoms with Crippen LogP contribution in [-0.2, 0) is 9.59 Å². The van der Waals surface area contributed by atoms with Gasteiger partial charge in [0.15, 0.2) is 0 Å². The Labute approximate surface area is 116 Å². The molecule has 6 heteroatoms. The van der Waals surface area contributed by atoms with Crippen LogP contribution in [0.1, 0.15) is 6.42 Å². The zero-order chi connectivity index (χ0) is 14.5. The Morgan fingerprint density at radius 2 is 2.10 bits per heavy atom. The predicted molar refractivity (Wildman–Crippen MR) is 70.7 cm³/mol. The number of hydrogen-bond acceptors (Lipinski definition) is 4. The van der Waals surface area contributed by atoms with Crippen LogP contribution in [0.5, 0.6) is 11.5 Å². The Morgan fingerprint density at radius 3 is 2.75 bits per heavy atom. The molecule has 0 aliphatic heterocycles. The first kappa shape index (κ1) is 14.2. The smallest absolute Gasteiger partial charge is 0.307 e. The molecular weight excluding hydrogens is 262 g/mol. The molecule has 20 heavy (non-hydrogen) atoms. The van der Waals surface area contributed by atoms with Crippen molar-refractivity contribution < 1.29 is 24.2 Å². The lowest BCUT2D eigenvalue weighted by Crippen LogP contribution is -2.30. The summed E-state index contributed by atoms with van der Waals surface area (Å²) in [6, 6.07) is 7.18. The van der Waals surface area contributed by atoms with Crippen LogP contribution in [-0.4, -0.2) is 37.2 Å². The summed E-state index contributed by atoms with van der Waals surface area (Å²) in [7, 11) is 1.58. The Hall–Kier alpha value is -2.24. The number of amides is 1. The molecule has 2 unspecified atom stereocenters. The molecule has 0 heterocycles. The lowest BCUT2D eigenvalue weighted by Gasteiger charge is -2.08. The summed E-state index contributed by atoms with van der Waals surface area (Å²) in [4.78, 5) is 22.2. The van der Waals surface area contributed by atoms with Crippen LogP contribution in [0, 0.1) is 11.8 Å². The minimum absolute atomic E-state index is 0.216. The molecule has 0 bridgehead atoms. The van der Waals surface area contributed by atoms with Gasteiger partial charge < -0.3 is 19.9 Å². The van der Waals surface area contributed by atoms with Gasteiger partial charge >= 0.3 is 5.97 Å². The normalized spacial score (nSPS) is 20.1. The fourth-order valence-electron chi connectivity index (χ4n) is 1.92. The molecule has 1 aliphatic rings. The zero-order valence-corrected chi connectivity index (χ0v) is 11.2. The maximum atomic E-state index is 11.6. The van der Waals surface area contributed by atoms with E-state index in [0.29, 0.717) is 31.1 Å². The Balaban J connectivity index is 1.66. The summed E-state index contributed by atoms with van der Waals surface area (Å²) in [5, 5.41) is 11.4. The molecule has 1 aromatic carbocycles. The van der Waals surface area contributed by atoms with Gasteiger partial charge in [-0.25, -0.2) is 0 Å². The molecule has 1 aliphatic carbocycles. The molecule has 1 aromatic rings. The minimum atomic E-state index is -0.905. The lowest BCUT2D eigenvalue weighted by atomic mass is 10.3. The van der Waals surface area contributed by atoms with E-state index in [2.05, 4.69) is 5.32 Å². The first-order valence-corrected chi connectivity index (χ1v) is 6.39. The first-order valence-electron chi connectivity index (χ1n) is 6.39. The average Bonchev–Trinajstić information content (AvgIpc) is 3.24. The monoisotopic (exact) mass is 279 g/mol. The standard InChI is InChI=1S/C14H17NO5/c1-19-9-3-2-4-10(7-9)20-6-5-15-13(16)11-8-12(11)14(17)18/h2-4,7,11-12H,5-6,8H2,1H3,(H,15,16)(H,17,18). The highest BCUT2D eigenvalue weighted by molar-refractivity contribution is 5.89. The van der Waals surface area contributed by atoms with E-state index in [1.54, 1.807) is 19.2 Å². The lowest BCUT2D eigenvalue weighted by molar-refractivity contribution is -0.140. The van der Waals surface area contributed by atoms with Gasteiger partial charge in [-0.1, -0.05) is 6.07 Å². The number of aliphatic carboxylic acids is 1. The quantitative estimate of drug-likeness (QED) is 0.725. The van der Waals surface area contributed by atoms with Gasteiger partial charge in [-0.15, -0.1) is 0 Å². The molecule has 0 saturated heterocycles. The molecule has 0 radical (unpaired) electrons. The van der Waals surface area contributed by atoms with Gasteiger partial charge in [0.2, 0.25) is 5.91 Å². The number of carbonyl (C=O) groups is 2. The highest BCUT2D eigenvalue weighted by Crippen LogP contribution is 2.38. The molecule has 0 aromatic heterocycles. The molecule has 1 amide bonds. The van der Waals surface area contributed by atoms with Gasteiger partial charge in [-0.05, 0) is 18.6 Å². The van der Waals surface area contributed by atoms with Gasteiger partial charge in [0.25, 0.3) is 0 Å². The summed E-state index contributed by atoms with van der Waals surface area (Å²) in [5.74, 6) is -0.662. The van der Waals surface area contributed by atoms with Crippen molar-refractivity contribution in [1.82, 2.24) is 5.32 Å². The number of carbonyl (C=O) groups excluding carboxylic acids is 1. The zero-order valence-electron chi connectivity index (χ0n) is 11.2. The van der Waals surface area contributed by atoms with Crippen LogP contribution in [0.4, 0.5) is 0 Å². The Morgan fingerprint density at radius 1 is 1.35 bits per heavy atom. The summed E-state index contributed by atoms with van der Waals surface area (Å²) < 4.78 is 10.5. The fraction of sp³-hybridized carbons (Fsp3) is 0.429. The fourth-order valence-corrected chi connectivity index (χ4v) is 1.92. The average molecular weight is 279 g/mol. The number of nitrogens with one attached hydrogen (secondary N) is 1. The van der Waals surface area contributed by atoms with Crippen LogP contribution in [0.15, 0.2) is 24.3 Å². The Kier molecular flexibility index (Phi) is 4.45. The highest BCUT2D eigenvalue weighted by Gasteiger charge is 2.48. The molecule has 1 fully saturated rings. The van der Waals surface area contributed by atoms with Gasteiger partial charge in [0.1, 0.15) is 18.1 Å². The second-order valence-electron chi connectivity index (χ2n) is 4.61. The molecule has 6 nitrogen and oxygen atoms in total. The van der Waals surface area contributed by atoms with Crippen LogP contribution in [0.3, 0.4) is 0 Å². The molecule has 2 rings (SSSR count). The van der Waals surface area contributed by atoms with E-state index in [-0.39, 0.29) is 11.8 Å². The third-order valence-electron chi connectivity index (χ3n) is 3.16.